The summed E-state index contributed by atoms with van der Waals surface area (Å²) in [6, 6.07) is 8.52. The van der Waals surface area contributed by atoms with E-state index in [4.69, 9.17) is 28.9 Å². The number of hydrogen-bond donors (Lipinski definition) is 2. The molecule has 0 spiro atoms. The summed E-state index contributed by atoms with van der Waals surface area (Å²) in [6.45, 7) is 0. The number of primary amides is 1. The van der Waals surface area contributed by atoms with Gasteiger partial charge in [-0.05, 0) is 18.2 Å². The number of rotatable bonds is 5. The largest absolute Gasteiger partial charge is 0.368 e. The molecule has 124 valence electrons. The van der Waals surface area contributed by atoms with Crippen molar-refractivity contribution in [3.8, 4) is 0 Å². The average molecular weight is 368 g/mol. The molecule has 0 bridgehead atoms. The number of hydrogen-bond acceptors (Lipinski definition) is 4. The van der Waals surface area contributed by atoms with Gasteiger partial charge in [0.2, 0.25) is 5.91 Å². The Hall–Kier alpha value is -2.64. The molecule has 0 saturated heterocycles. The number of benzene rings is 2. The molecule has 0 aliphatic rings. The Morgan fingerprint density at radius 2 is 1.67 bits per heavy atom. The van der Waals surface area contributed by atoms with E-state index in [9.17, 15) is 19.7 Å². The third-order valence-corrected chi connectivity index (χ3v) is 3.85. The lowest BCUT2D eigenvalue weighted by Crippen LogP contribution is -2.38. The molecule has 0 aliphatic carbocycles. The minimum atomic E-state index is -1.33. The number of amides is 2. The van der Waals surface area contributed by atoms with Gasteiger partial charge in [-0.1, -0.05) is 41.4 Å². The number of nitrogens with two attached hydrogens (primary N) is 1. The van der Waals surface area contributed by atoms with Gasteiger partial charge in [0.25, 0.3) is 11.6 Å². The zero-order valence-electron chi connectivity index (χ0n) is 12.0. The maximum absolute atomic E-state index is 12.4. The van der Waals surface area contributed by atoms with Crippen LogP contribution in [0.1, 0.15) is 22.0 Å². The zero-order chi connectivity index (χ0) is 17.9. The molecule has 2 aromatic rings. The molecule has 9 heteroatoms. The monoisotopic (exact) mass is 367 g/mol. The third kappa shape index (κ3) is 3.64. The molecule has 3 N–H and O–H groups in total. The van der Waals surface area contributed by atoms with Gasteiger partial charge in [0.05, 0.1) is 4.92 Å². The Morgan fingerprint density at radius 3 is 2.21 bits per heavy atom. The van der Waals surface area contributed by atoms with E-state index in [0.717, 1.165) is 0 Å². The van der Waals surface area contributed by atoms with Gasteiger partial charge in [-0.15, -0.1) is 0 Å². The molecule has 0 radical (unpaired) electrons. The van der Waals surface area contributed by atoms with E-state index < -0.39 is 28.5 Å². The summed E-state index contributed by atoms with van der Waals surface area (Å²) in [5.41, 5.74) is 4.84. The van der Waals surface area contributed by atoms with Crippen LogP contribution in [0.5, 0.6) is 0 Å². The topological polar surface area (TPSA) is 115 Å². The highest BCUT2D eigenvalue weighted by Gasteiger charge is 2.28. The van der Waals surface area contributed by atoms with Crippen LogP contribution in [0.25, 0.3) is 0 Å². The number of carbonyl (C=O) groups excluding carboxylic acids is 2. The number of nitro benzene ring substituents is 1. The molecule has 0 aromatic heterocycles. The first-order valence-electron chi connectivity index (χ1n) is 6.60. The summed E-state index contributed by atoms with van der Waals surface area (Å²) in [7, 11) is 0. The van der Waals surface area contributed by atoms with Gasteiger partial charge in [0.1, 0.15) is 11.6 Å². The highest BCUT2D eigenvalue weighted by molar-refractivity contribution is 6.36. The van der Waals surface area contributed by atoms with Crippen LogP contribution in [0.4, 0.5) is 5.69 Å². The van der Waals surface area contributed by atoms with Gasteiger partial charge < -0.3 is 11.1 Å². The Labute approximate surface area is 146 Å². The molecule has 24 heavy (non-hydrogen) atoms. The Morgan fingerprint density at radius 1 is 1.08 bits per heavy atom. The molecule has 0 fully saturated rings. The number of carbonyl (C=O) groups is 2. The van der Waals surface area contributed by atoms with Crippen molar-refractivity contribution in [1.82, 2.24) is 5.32 Å². The van der Waals surface area contributed by atoms with Crippen molar-refractivity contribution >= 4 is 40.7 Å². The van der Waals surface area contributed by atoms with E-state index in [1.54, 1.807) is 6.07 Å². The van der Waals surface area contributed by atoms with E-state index in [0.29, 0.717) is 0 Å². The van der Waals surface area contributed by atoms with Crippen molar-refractivity contribution in [2.45, 2.75) is 6.04 Å². The van der Waals surface area contributed by atoms with Crippen molar-refractivity contribution in [1.29, 1.82) is 0 Å². The van der Waals surface area contributed by atoms with Crippen molar-refractivity contribution in [2.24, 2.45) is 5.73 Å². The van der Waals surface area contributed by atoms with Gasteiger partial charge in [-0.2, -0.15) is 0 Å². The highest BCUT2D eigenvalue weighted by Crippen LogP contribution is 2.30. The van der Waals surface area contributed by atoms with Crippen molar-refractivity contribution in [3.05, 3.63) is 73.8 Å². The summed E-state index contributed by atoms with van der Waals surface area (Å²) < 4.78 is 0. The number of nitrogens with one attached hydrogen (secondary N) is 1. The van der Waals surface area contributed by atoms with E-state index in [1.807, 2.05) is 0 Å². The summed E-state index contributed by atoms with van der Waals surface area (Å²) in [4.78, 5) is 34.4. The Bertz CT molecular complexity index is 806. The van der Waals surface area contributed by atoms with Crippen LogP contribution < -0.4 is 11.1 Å². The first-order valence-corrected chi connectivity index (χ1v) is 7.36. The van der Waals surface area contributed by atoms with Crippen LogP contribution >= 0.6 is 23.2 Å². The van der Waals surface area contributed by atoms with Gasteiger partial charge >= 0.3 is 0 Å². The van der Waals surface area contributed by atoms with Gasteiger partial charge in [-0.25, -0.2) is 0 Å². The van der Waals surface area contributed by atoms with Crippen molar-refractivity contribution < 1.29 is 14.5 Å². The Kier molecular flexibility index (Phi) is 5.38. The molecule has 0 heterocycles. The minimum absolute atomic E-state index is 0.125. The summed E-state index contributed by atoms with van der Waals surface area (Å²) >= 11 is 12.1. The predicted molar refractivity (Wildman–Crippen MR) is 89.0 cm³/mol. The van der Waals surface area contributed by atoms with Crippen LogP contribution in [0.2, 0.25) is 10.0 Å². The molecule has 2 rings (SSSR count). The van der Waals surface area contributed by atoms with E-state index in [1.165, 1.54) is 36.4 Å². The number of nitrogens with zero attached hydrogens (tertiary/aromatic N) is 1. The summed E-state index contributed by atoms with van der Waals surface area (Å²) in [5.74, 6) is -1.75. The highest BCUT2D eigenvalue weighted by atomic mass is 35.5. The minimum Gasteiger partial charge on any atom is -0.368 e. The van der Waals surface area contributed by atoms with Crippen LogP contribution in [0.3, 0.4) is 0 Å². The summed E-state index contributed by atoms with van der Waals surface area (Å²) in [6.07, 6.45) is 0. The van der Waals surface area contributed by atoms with Crippen molar-refractivity contribution in [2.75, 3.05) is 0 Å². The smallest absolute Gasteiger partial charge is 0.282 e. The van der Waals surface area contributed by atoms with Gasteiger partial charge in [-0.3, -0.25) is 19.7 Å². The maximum atomic E-state index is 12.4. The lowest BCUT2D eigenvalue weighted by atomic mass is 10.0. The molecule has 0 saturated carbocycles. The molecular weight excluding hydrogens is 357 g/mol. The van der Waals surface area contributed by atoms with Gasteiger partial charge in [0, 0.05) is 21.7 Å². The second-order valence-electron chi connectivity index (χ2n) is 4.72. The molecule has 7 nitrogen and oxygen atoms in total. The van der Waals surface area contributed by atoms with Crippen molar-refractivity contribution in [3.63, 3.8) is 0 Å². The second-order valence-corrected chi connectivity index (χ2v) is 5.53. The Balaban J connectivity index is 2.41. The summed E-state index contributed by atoms with van der Waals surface area (Å²) in [5, 5.41) is 13.6. The molecule has 1 atom stereocenters. The molecule has 0 aliphatic heterocycles. The van der Waals surface area contributed by atoms with Crippen LogP contribution in [-0.2, 0) is 4.79 Å². The lowest BCUT2D eigenvalue weighted by molar-refractivity contribution is -0.385. The standard InChI is InChI=1S/C15H11Cl2N3O4/c16-9-5-3-6-10(17)12(9)13(14(18)21)19-15(22)8-4-1-2-7-11(8)20(23)24/h1-7,13H,(H2,18,21)(H,19,22). The quantitative estimate of drug-likeness (QED) is 0.624. The van der Waals surface area contributed by atoms with Gasteiger partial charge in [0.15, 0.2) is 0 Å². The molecular formula is C15H11Cl2N3O4. The lowest BCUT2D eigenvalue weighted by Gasteiger charge is -2.18. The average Bonchev–Trinajstić information content (AvgIpc) is 2.53. The molecule has 1 unspecified atom stereocenters. The fourth-order valence-electron chi connectivity index (χ4n) is 2.11. The zero-order valence-corrected chi connectivity index (χ0v) is 13.5. The van der Waals surface area contributed by atoms with E-state index in [2.05, 4.69) is 5.32 Å². The number of halogens is 2. The normalized spacial score (nSPS) is 11.6. The first kappa shape index (κ1) is 17.7. The van der Waals surface area contributed by atoms with Crippen LogP contribution in [-0.4, -0.2) is 16.7 Å². The van der Waals surface area contributed by atoms with E-state index >= 15 is 0 Å². The SMILES string of the molecule is NC(=O)C(NC(=O)c1ccccc1[N+](=O)[O-])c1c(Cl)cccc1Cl. The molecule has 2 aromatic carbocycles. The maximum Gasteiger partial charge on any atom is 0.282 e. The van der Waals surface area contributed by atoms with E-state index in [-0.39, 0.29) is 21.2 Å². The fraction of sp³-hybridized carbons (Fsp3) is 0.0667. The fourth-order valence-corrected chi connectivity index (χ4v) is 2.72. The number of nitro groups is 1. The third-order valence-electron chi connectivity index (χ3n) is 3.19. The second kappa shape index (κ2) is 7.29. The van der Waals surface area contributed by atoms with Crippen LogP contribution in [0.15, 0.2) is 42.5 Å². The first-order chi connectivity index (χ1) is 11.3. The predicted octanol–water partition coefficient (Wildman–Crippen LogP) is 2.86. The number of para-hydroxylation sites is 1. The van der Waals surface area contributed by atoms with Crippen LogP contribution in [0, 0.1) is 10.1 Å². The molecule has 2 amide bonds.